The minimum atomic E-state index is 0.188. The fourth-order valence-corrected chi connectivity index (χ4v) is 3.13. The van der Waals surface area contributed by atoms with Crippen LogP contribution in [0.15, 0.2) is 30.3 Å². The van der Waals surface area contributed by atoms with Crippen molar-refractivity contribution < 1.29 is 0 Å². The molecule has 0 saturated heterocycles. The predicted molar refractivity (Wildman–Crippen MR) is 85.5 cm³/mol. The van der Waals surface area contributed by atoms with Gasteiger partial charge in [-0.1, -0.05) is 58.0 Å². The largest absolute Gasteiger partial charge is 0.309 e. The zero-order valence-corrected chi connectivity index (χ0v) is 13.6. The van der Waals surface area contributed by atoms with Crippen LogP contribution in [0.5, 0.6) is 0 Å². The van der Waals surface area contributed by atoms with E-state index in [1.165, 1.54) is 18.4 Å². The number of benzene rings is 1. The Hall–Kier alpha value is -0.820. The lowest BCUT2D eigenvalue weighted by molar-refractivity contribution is 0.219. The van der Waals surface area contributed by atoms with Crippen molar-refractivity contribution in [1.29, 1.82) is 0 Å². The van der Waals surface area contributed by atoms with E-state index < -0.39 is 0 Å². The number of rotatable bonds is 6. The van der Waals surface area contributed by atoms with Gasteiger partial charge >= 0.3 is 0 Å². The van der Waals surface area contributed by atoms with Crippen LogP contribution in [-0.2, 0) is 6.42 Å². The molecule has 0 spiro atoms. The summed E-state index contributed by atoms with van der Waals surface area (Å²) in [4.78, 5) is 0. The topological polar surface area (TPSA) is 12.0 Å². The summed E-state index contributed by atoms with van der Waals surface area (Å²) in [7, 11) is 0. The van der Waals surface area contributed by atoms with Crippen molar-refractivity contribution in [2.45, 2.75) is 72.4 Å². The van der Waals surface area contributed by atoms with Crippen molar-refractivity contribution in [3.8, 4) is 0 Å². The lowest BCUT2D eigenvalue weighted by atomic mass is 9.81. The Labute approximate surface area is 119 Å². The second-order valence-electron chi connectivity index (χ2n) is 7.56. The van der Waals surface area contributed by atoms with Crippen LogP contribution in [0.2, 0.25) is 0 Å². The van der Waals surface area contributed by atoms with Gasteiger partial charge in [0.1, 0.15) is 0 Å². The van der Waals surface area contributed by atoms with Gasteiger partial charge in [0, 0.05) is 11.6 Å². The Morgan fingerprint density at radius 3 is 2.05 bits per heavy atom. The van der Waals surface area contributed by atoms with E-state index in [1.807, 2.05) is 0 Å². The predicted octanol–water partition coefficient (Wildman–Crippen LogP) is 4.81. The minimum Gasteiger partial charge on any atom is -0.309 e. The third-order valence-corrected chi connectivity index (χ3v) is 3.38. The summed E-state index contributed by atoms with van der Waals surface area (Å²) >= 11 is 0. The summed E-state index contributed by atoms with van der Waals surface area (Å²) in [5.74, 6) is 0. The third kappa shape index (κ3) is 6.77. The van der Waals surface area contributed by atoms with E-state index in [0.717, 1.165) is 6.42 Å². The minimum absolute atomic E-state index is 0.188. The summed E-state index contributed by atoms with van der Waals surface area (Å²) in [6, 6.07) is 11.3. The van der Waals surface area contributed by atoms with Gasteiger partial charge in [0.25, 0.3) is 0 Å². The second-order valence-corrected chi connectivity index (χ2v) is 7.56. The third-order valence-electron chi connectivity index (χ3n) is 3.38. The fourth-order valence-electron chi connectivity index (χ4n) is 3.13. The lowest BCUT2D eigenvalue weighted by Crippen LogP contribution is -2.48. The van der Waals surface area contributed by atoms with Gasteiger partial charge < -0.3 is 5.32 Å². The molecule has 1 atom stereocenters. The maximum Gasteiger partial charge on any atom is 0.0132 e. The molecule has 0 fully saturated rings. The summed E-state index contributed by atoms with van der Waals surface area (Å²) in [6.45, 7) is 13.9. The van der Waals surface area contributed by atoms with Gasteiger partial charge in [-0.05, 0) is 44.1 Å². The fraction of sp³-hybridized carbons (Fsp3) is 0.667. The molecular formula is C18H31N. The molecule has 0 bridgehead atoms. The molecule has 1 nitrogen and oxygen atoms in total. The Morgan fingerprint density at radius 2 is 1.58 bits per heavy atom. The average molecular weight is 261 g/mol. The van der Waals surface area contributed by atoms with Crippen LogP contribution >= 0.6 is 0 Å². The van der Waals surface area contributed by atoms with E-state index in [9.17, 15) is 0 Å². The molecule has 1 unspecified atom stereocenters. The smallest absolute Gasteiger partial charge is 0.0132 e. The highest BCUT2D eigenvalue weighted by Crippen LogP contribution is 2.27. The molecule has 0 radical (unpaired) electrons. The van der Waals surface area contributed by atoms with Crippen LogP contribution in [0, 0.1) is 5.41 Å². The van der Waals surface area contributed by atoms with Crippen molar-refractivity contribution in [3.05, 3.63) is 35.9 Å². The van der Waals surface area contributed by atoms with Crippen molar-refractivity contribution in [2.24, 2.45) is 5.41 Å². The van der Waals surface area contributed by atoms with Crippen LogP contribution in [0.1, 0.15) is 59.9 Å². The van der Waals surface area contributed by atoms with Gasteiger partial charge in [0.05, 0.1) is 0 Å². The van der Waals surface area contributed by atoms with Crippen molar-refractivity contribution in [1.82, 2.24) is 5.32 Å². The first-order chi connectivity index (χ1) is 8.72. The molecule has 1 heteroatoms. The van der Waals surface area contributed by atoms with E-state index in [4.69, 9.17) is 0 Å². The maximum atomic E-state index is 3.85. The molecule has 0 aliphatic carbocycles. The van der Waals surface area contributed by atoms with Gasteiger partial charge in [-0.25, -0.2) is 0 Å². The normalized spacial score (nSPS) is 14.4. The van der Waals surface area contributed by atoms with E-state index in [0.29, 0.717) is 11.5 Å². The van der Waals surface area contributed by atoms with Crippen LogP contribution in [0.25, 0.3) is 0 Å². The first-order valence-electron chi connectivity index (χ1n) is 7.53. The molecule has 1 aromatic rings. The number of nitrogens with one attached hydrogen (secondary N) is 1. The molecule has 0 amide bonds. The molecule has 108 valence electrons. The van der Waals surface area contributed by atoms with Crippen LogP contribution in [-0.4, -0.2) is 11.6 Å². The van der Waals surface area contributed by atoms with Gasteiger partial charge in [0.15, 0.2) is 0 Å². The number of hydrogen-bond donors (Lipinski definition) is 1. The molecule has 1 N–H and O–H groups in total. The molecule has 19 heavy (non-hydrogen) atoms. The Balaban J connectivity index is 2.61. The molecule has 0 aromatic heterocycles. The summed E-state index contributed by atoms with van der Waals surface area (Å²) in [5, 5.41) is 3.85. The highest BCUT2D eigenvalue weighted by atomic mass is 15.0. The molecule has 0 saturated carbocycles. The Morgan fingerprint density at radius 1 is 1.00 bits per heavy atom. The van der Waals surface area contributed by atoms with E-state index in [2.05, 4.69) is 77.2 Å². The van der Waals surface area contributed by atoms with Crippen molar-refractivity contribution in [2.75, 3.05) is 0 Å². The Bertz CT molecular complexity index is 359. The SMILES string of the molecule is CCC(Cc1ccccc1)NC(C)(C)CC(C)(C)C. The molecule has 0 aliphatic heterocycles. The Kier molecular flexibility index (Phi) is 5.61. The molecule has 0 heterocycles. The van der Waals surface area contributed by atoms with Crippen LogP contribution in [0.4, 0.5) is 0 Å². The highest BCUT2D eigenvalue weighted by Gasteiger charge is 2.27. The average Bonchev–Trinajstić information content (AvgIpc) is 2.25. The second kappa shape index (κ2) is 6.56. The summed E-state index contributed by atoms with van der Waals surface area (Å²) in [6.07, 6.45) is 3.47. The quantitative estimate of drug-likeness (QED) is 0.774. The lowest BCUT2D eigenvalue weighted by Gasteiger charge is -2.36. The first-order valence-corrected chi connectivity index (χ1v) is 7.53. The maximum absolute atomic E-state index is 3.85. The summed E-state index contributed by atoms with van der Waals surface area (Å²) in [5.41, 5.74) is 1.98. The van der Waals surface area contributed by atoms with Gasteiger partial charge in [0.2, 0.25) is 0 Å². The summed E-state index contributed by atoms with van der Waals surface area (Å²) < 4.78 is 0. The van der Waals surface area contributed by atoms with Gasteiger partial charge in [-0.3, -0.25) is 0 Å². The van der Waals surface area contributed by atoms with Gasteiger partial charge in [-0.2, -0.15) is 0 Å². The van der Waals surface area contributed by atoms with Crippen molar-refractivity contribution in [3.63, 3.8) is 0 Å². The zero-order chi connectivity index (χ0) is 14.5. The molecular weight excluding hydrogens is 230 g/mol. The van der Waals surface area contributed by atoms with Gasteiger partial charge in [-0.15, -0.1) is 0 Å². The zero-order valence-electron chi connectivity index (χ0n) is 13.6. The van der Waals surface area contributed by atoms with E-state index >= 15 is 0 Å². The monoisotopic (exact) mass is 261 g/mol. The van der Waals surface area contributed by atoms with E-state index in [-0.39, 0.29) is 5.54 Å². The van der Waals surface area contributed by atoms with Crippen molar-refractivity contribution >= 4 is 0 Å². The van der Waals surface area contributed by atoms with E-state index in [1.54, 1.807) is 0 Å². The molecule has 1 aromatic carbocycles. The highest BCUT2D eigenvalue weighted by molar-refractivity contribution is 5.16. The number of hydrogen-bond acceptors (Lipinski definition) is 1. The standard InChI is InChI=1S/C18H31N/c1-7-16(13-15-11-9-8-10-12-15)19-18(5,6)14-17(2,3)4/h8-12,16,19H,7,13-14H2,1-6H3. The first kappa shape index (κ1) is 16.2. The van der Waals surface area contributed by atoms with Crippen LogP contribution < -0.4 is 5.32 Å². The molecule has 1 rings (SSSR count). The molecule has 0 aliphatic rings. The van der Waals surface area contributed by atoms with Crippen LogP contribution in [0.3, 0.4) is 0 Å².